The SMILES string of the molecule is CCOC(=O)/C=C/c1ccc(OC(C)(C)C)cc1. The molecule has 0 atom stereocenters. The van der Waals surface area contributed by atoms with Crippen molar-refractivity contribution in [3.05, 3.63) is 35.9 Å². The van der Waals surface area contributed by atoms with Gasteiger partial charge in [0, 0.05) is 6.08 Å². The van der Waals surface area contributed by atoms with Gasteiger partial charge >= 0.3 is 5.97 Å². The summed E-state index contributed by atoms with van der Waals surface area (Å²) < 4.78 is 10.5. The van der Waals surface area contributed by atoms with Gasteiger partial charge in [-0.1, -0.05) is 12.1 Å². The van der Waals surface area contributed by atoms with E-state index >= 15 is 0 Å². The molecule has 1 aromatic rings. The maximum atomic E-state index is 11.1. The summed E-state index contributed by atoms with van der Waals surface area (Å²) in [5, 5.41) is 0. The molecule has 0 amide bonds. The Morgan fingerprint density at radius 2 is 1.83 bits per heavy atom. The summed E-state index contributed by atoms with van der Waals surface area (Å²) in [4.78, 5) is 11.1. The first-order chi connectivity index (χ1) is 8.40. The highest BCUT2D eigenvalue weighted by Crippen LogP contribution is 2.18. The maximum Gasteiger partial charge on any atom is 0.330 e. The van der Waals surface area contributed by atoms with E-state index in [9.17, 15) is 4.79 Å². The predicted molar refractivity (Wildman–Crippen MR) is 72.5 cm³/mol. The summed E-state index contributed by atoms with van der Waals surface area (Å²) in [7, 11) is 0. The normalized spacial score (nSPS) is 11.6. The zero-order valence-corrected chi connectivity index (χ0v) is 11.4. The lowest BCUT2D eigenvalue weighted by Gasteiger charge is -2.21. The van der Waals surface area contributed by atoms with Gasteiger partial charge in [-0.15, -0.1) is 0 Å². The third-order valence-corrected chi connectivity index (χ3v) is 2.00. The van der Waals surface area contributed by atoms with Crippen LogP contribution in [0.4, 0.5) is 0 Å². The molecule has 98 valence electrons. The number of rotatable bonds is 4. The molecule has 0 heterocycles. The molecule has 1 rings (SSSR count). The Morgan fingerprint density at radius 3 is 2.33 bits per heavy atom. The molecule has 3 heteroatoms. The van der Waals surface area contributed by atoms with Gasteiger partial charge in [-0.05, 0) is 51.5 Å². The van der Waals surface area contributed by atoms with Gasteiger partial charge in [-0.25, -0.2) is 4.79 Å². The molecule has 0 aliphatic heterocycles. The zero-order chi connectivity index (χ0) is 13.6. The van der Waals surface area contributed by atoms with E-state index in [0.29, 0.717) is 6.61 Å². The number of carbonyl (C=O) groups excluding carboxylic acids is 1. The average molecular weight is 248 g/mol. The second-order valence-electron chi connectivity index (χ2n) is 4.87. The van der Waals surface area contributed by atoms with Crippen LogP contribution in [-0.2, 0) is 9.53 Å². The van der Waals surface area contributed by atoms with Crippen LogP contribution in [0.25, 0.3) is 6.08 Å². The van der Waals surface area contributed by atoms with E-state index in [0.717, 1.165) is 11.3 Å². The van der Waals surface area contributed by atoms with Gasteiger partial charge < -0.3 is 9.47 Å². The number of hydrogen-bond donors (Lipinski definition) is 0. The van der Waals surface area contributed by atoms with E-state index in [1.54, 1.807) is 13.0 Å². The Hall–Kier alpha value is -1.77. The lowest BCUT2D eigenvalue weighted by atomic mass is 10.1. The Bertz CT molecular complexity index is 410. The quantitative estimate of drug-likeness (QED) is 0.605. The Morgan fingerprint density at radius 1 is 1.22 bits per heavy atom. The van der Waals surface area contributed by atoms with Crippen LogP contribution in [-0.4, -0.2) is 18.2 Å². The lowest BCUT2D eigenvalue weighted by molar-refractivity contribution is -0.137. The van der Waals surface area contributed by atoms with Crippen molar-refractivity contribution in [2.75, 3.05) is 6.61 Å². The number of carbonyl (C=O) groups is 1. The molecule has 3 nitrogen and oxygen atoms in total. The maximum absolute atomic E-state index is 11.1. The highest BCUT2D eigenvalue weighted by Gasteiger charge is 2.10. The van der Waals surface area contributed by atoms with Gasteiger partial charge in [0.15, 0.2) is 0 Å². The first-order valence-corrected chi connectivity index (χ1v) is 6.04. The fraction of sp³-hybridized carbons (Fsp3) is 0.400. The molecule has 1 aromatic carbocycles. The van der Waals surface area contributed by atoms with E-state index in [4.69, 9.17) is 9.47 Å². The predicted octanol–water partition coefficient (Wildman–Crippen LogP) is 3.44. The van der Waals surface area contributed by atoms with Crippen molar-refractivity contribution in [3.63, 3.8) is 0 Å². The van der Waals surface area contributed by atoms with Crippen molar-refractivity contribution < 1.29 is 14.3 Å². The second-order valence-corrected chi connectivity index (χ2v) is 4.87. The number of esters is 1. The summed E-state index contributed by atoms with van der Waals surface area (Å²) in [6, 6.07) is 7.57. The zero-order valence-electron chi connectivity index (χ0n) is 11.4. The van der Waals surface area contributed by atoms with Crippen LogP contribution in [0.1, 0.15) is 33.3 Å². The fourth-order valence-corrected chi connectivity index (χ4v) is 1.36. The van der Waals surface area contributed by atoms with Gasteiger partial charge in [0.1, 0.15) is 11.4 Å². The molecule has 0 N–H and O–H groups in total. The molecule has 18 heavy (non-hydrogen) atoms. The largest absolute Gasteiger partial charge is 0.488 e. The van der Waals surface area contributed by atoms with Crippen LogP contribution in [0.2, 0.25) is 0 Å². The standard InChI is InChI=1S/C15H20O3/c1-5-17-14(16)11-8-12-6-9-13(10-7-12)18-15(2,3)4/h6-11H,5H2,1-4H3/b11-8+. The van der Waals surface area contributed by atoms with Gasteiger partial charge in [0.2, 0.25) is 0 Å². The summed E-state index contributed by atoms with van der Waals surface area (Å²) in [6.07, 6.45) is 3.14. The Labute approximate surface area is 108 Å². The minimum Gasteiger partial charge on any atom is -0.488 e. The van der Waals surface area contributed by atoms with Gasteiger partial charge in [0.05, 0.1) is 6.61 Å². The van der Waals surface area contributed by atoms with E-state index in [2.05, 4.69) is 0 Å². The number of hydrogen-bond acceptors (Lipinski definition) is 3. The molecule has 0 aromatic heterocycles. The van der Waals surface area contributed by atoms with Crippen molar-refractivity contribution in [1.82, 2.24) is 0 Å². The van der Waals surface area contributed by atoms with Crippen LogP contribution >= 0.6 is 0 Å². The van der Waals surface area contributed by atoms with Gasteiger partial charge in [-0.2, -0.15) is 0 Å². The first-order valence-electron chi connectivity index (χ1n) is 6.04. The minimum atomic E-state index is -0.326. The van der Waals surface area contributed by atoms with E-state index in [1.165, 1.54) is 6.08 Å². The molecule has 0 unspecified atom stereocenters. The third kappa shape index (κ3) is 5.53. The fourth-order valence-electron chi connectivity index (χ4n) is 1.36. The van der Waals surface area contributed by atoms with Crippen LogP contribution in [0.15, 0.2) is 30.3 Å². The number of ether oxygens (including phenoxy) is 2. The van der Waals surface area contributed by atoms with Crippen LogP contribution in [0, 0.1) is 0 Å². The molecule has 0 radical (unpaired) electrons. The van der Waals surface area contributed by atoms with Crippen LogP contribution in [0.3, 0.4) is 0 Å². The second kappa shape index (κ2) is 6.24. The van der Waals surface area contributed by atoms with E-state index < -0.39 is 0 Å². The summed E-state index contributed by atoms with van der Waals surface area (Å²) in [6.45, 7) is 8.18. The summed E-state index contributed by atoms with van der Waals surface area (Å²) >= 11 is 0. The van der Waals surface area contributed by atoms with Crippen molar-refractivity contribution in [1.29, 1.82) is 0 Å². The first kappa shape index (κ1) is 14.3. The molecule has 0 bridgehead atoms. The third-order valence-electron chi connectivity index (χ3n) is 2.00. The van der Waals surface area contributed by atoms with E-state index in [-0.39, 0.29) is 11.6 Å². The Balaban J connectivity index is 2.63. The van der Waals surface area contributed by atoms with Crippen molar-refractivity contribution in [3.8, 4) is 5.75 Å². The molecule has 0 aliphatic rings. The topological polar surface area (TPSA) is 35.5 Å². The smallest absolute Gasteiger partial charge is 0.330 e. The molecule has 0 fully saturated rings. The van der Waals surface area contributed by atoms with Crippen molar-refractivity contribution in [2.45, 2.75) is 33.3 Å². The minimum absolute atomic E-state index is 0.206. The van der Waals surface area contributed by atoms with Crippen LogP contribution < -0.4 is 4.74 Å². The highest BCUT2D eigenvalue weighted by molar-refractivity contribution is 5.87. The molecule has 0 saturated heterocycles. The molecule has 0 spiro atoms. The van der Waals surface area contributed by atoms with Gasteiger partial charge in [0.25, 0.3) is 0 Å². The van der Waals surface area contributed by atoms with E-state index in [1.807, 2.05) is 45.0 Å². The average Bonchev–Trinajstić information content (AvgIpc) is 2.26. The highest BCUT2D eigenvalue weighted by atomic mass is 16.5. The molecular formula is C15H20O3. The number of benzene rings is 1. The summed E-state index contributed by atoms with van der Waals surface area (Å²) in [5.41, 5.74) is 0.728. The van der Waals surface area contributed by atoms with Crippen molar-refractivity contribution in [2.24, 2.45) is 0 Å². The molecular weight excluding hydrogens is 228 g/mol. The monoisotopic (exact) mass is 248 g/mol. The molecule has 0 aliphatic carbocycles. The summed E-state index contributed by atoms with van der Waals surface area (Å²) in [5.74, 6) is 0.489. The Kier molecular flexibility index (Phi) is 4.95. The lowest BCUT2D eigenvalue weighted by Crippen LogP contribution is -2.22. The van der Waals surface area contributed by atoms with Crippen LogP contribution in [0.5, 0.6) is 5.75 Å². The van der Waals surface area contributed by atoms with Crippen molar-refractivity contribution >= 4 is 12.0 Å². The van der Waals surface area contributed by atoms with Gasteiger partial charge in [-0.3, -0.25) is 0 Å². The molecule has 0 saturated carbocycles.